The molecule has 0 fully saturated rings. The average molecular weight is 407 g/mol. The van der Waals surface area contributed by atoms with Gasteiger partial charge in [0.25, 0.3) is 0 Å². The molecule has 0 saturated carbocycles. The van der Waals surface area contributed by atoms with E-state index < -0.39 is 7.82 Å². The van der Waals surface area contributed by atoms with E-state index in [0.29, 0.717) is 13.0 Å². The molecule has 6 nitrogen and oxygen atoms in total. The number of phosphoric acid groups is 1. The molecule has 0 aromatic heterocycles. The monoisotopic (exact) mass is 406 g/mol. The van der Waals surface area contributed by atoms with Gasteiger partial charge in [0.2, 0.25) is 0 Å². The number of allylic oxidation sites excluding steroid dienone is 1. The van der Waals surface area contributed by atoms with Gasteiger partial charge in [-0.25, -0.2) is 9.36 Å². The summed E-state index contributed by atoms with van der Waals surface area (Å²) in [5.41, 5.74) is 0. The van der Waals surface area contributed by atoms with Crippen molar-refractivity contribution in [3.63, 3.8) is 0 Å². The summed E-state index contributed by atoms with van der Waals surface area (Å²) in [7, 11) is -4.28. The van der Waals surface area contributed by atoms with Gasteiger partial charge in [-0.2, -0.15) is 0 Å². The molecule has 7 heteroatoms. The Labute approximate surface area is 165 Å². The van der Waals surface area contributed by atoms with Crippen LogP contribution < -0.4 is 0 Å². The molecule has 0 aromatic carbocycles. The Balaban J connectivity index is 3.11. The van der Waals surface area contributed by atoms with Crippen LogP contribution in [-0.2, 0) is 18.6 Å². The van der Waals surface area contributed by atoms with Crippen LogP contribution in [0.5, 0.6) is 0 Å². The molecule has 0 aliphatic rings. The third-order valence-electron chi connectivity index (χ3n) is 4.35. The first kappa shape index (κ1) is 26.3. The Hall–Kier alpha value is -0.680. The quantitative estimate of drug-likeness (QED) is 0.124. The summed E-state index contributed by atoms with van der Waals surface area (Å²) in [6.45, 7) is 2.48. The summed E-state index contributed by atoms with van der Waals surface area (Å²) in [5.74, 6) is -0.244. The number of carbonyl (C=O) groups is 1. The van der Waals surface area contributed by atoms with E-state index in [4.69, 9.17) is 14.5 Å². The van der Waals surface area contributed by atoms with Crippen LogP contribution in [0, 0.1) is 0 Å². The summed E-state index contributed by atoms with van der Waals surface area (Å²) < 4.78 is 20.0. The number of rotatable bonds is 19. The lowest BCUT2D eigenvalue weighted by Gasteiger charge is -2.05. The van der Waals surface area contributed by atoms with Crippen molar-refractivity contribution >= 4 is 13.8 Å². The number of hydrogen-bond donors (Lipinski definition) is 2. The van der Waals surface area contributed by atoms with Crippen LogP contribution in [0.15, 0.2) is 12.2 Å². The first-order valence-electron chi connectivity index (χ1n) is 10.5. The van der Waals surface area contributed by atoms with Crippen LogP contribution in [-0.4, -0.2) is 29.0 Å². The molecule has 160 valence electrons. The summed E-state index contributed by atoms with van der Waals surface area (Å²) in [6, 6.07) is 0. The lowest BCUT2D eigenvalue weighted by Crippen LogP contribution is -2.01. The fraction of sp³-hybridized carbons (Fsp3) is 0.850. The zero-order valence-corrected chi connectivity index (χ0v) is 17.8. The summed E-state index contributed by atoms with van der Waals surface area (Å²) >= 11 is 0. The van der Waals surface area contributed by atoms with E-state index in [1.807, 2.05) is 0 Å². The maximum absolute atomic E-state index is 11.1. The van der Waals surface area contributed by atoms with Gasteiger partial charge in [-0.15, -0.1) is 0 Å². The SMILES string of the molecule is CC=CC(=O)OCCCCCCCCCCCCCCCCOP(=O)(O)O. The van der Waals surface area contributed by atoms with Crippen molar-refractivity contribution in [2.75, 3.05) is 13.2 Å². The van der Waals surface area contributed by atoms with Crippen molar-refractivity contribution in [3.8, 4) is 0 Å². The van der Waals surface area contributed by atoms with Gasteiger partial charge < -0.3 is 14.5 Å². The predicted molar refractivity (Wildman–Crippen MR) is 108 cm³/mol. The summed E-state index contributed by atoms with van der Waals surface area (Å²) in [5, 5.41) is 0. The molecule has 0 bridgehead atoms. The van der Waals surface area contributed by atoms with Crippen molar-refractivity contribution in [2.24, 2.45) is 0 Å². The van der Waals surface area contributed by atoms with Crippen LogP contribution >= 0.6 is 7.82 Å². The smallest absolute Gasteiger partial charge is 0.463 e. The molecule has 0 rings (SSSR count). The van der Waals surface area contributed by atoms with E-state index in [1.165, 1.54) is 63.9 Å². The summed E-state index contributed by atoms with van der Waals surface area (Å²) in [4.78, 5) is 28.2. The largest absolute Gasteiger partial charge is 0.469 e. The molecule has 0 amide bonds. The van der Waals surface area contributed by atoms with E-state index in [2.05, 4.69) is 4.52 Å². The number of ether oxygens (including phenoxy) is 1. The number of hydrogen-bond acceptors (Lipinski definition) is 4. The second-order valence-corrected chi connectivity index (χ2v) is 8.18. The van der Waals surface area contributed by atoms with E-state index in [1.54, 1.807) is 13.0 Å². The Morgan fingerprint density at radius 2 is 1.11 bits per heavy atom. The standard InChI is InChI=1S/C20H39O6P/c1-2-17-20(21)25-18-15-13-11-9-7-5-3-4-6-8-10-12-14-16-19-26-27(22,23)24/h2,17H,3-16,18-19H2,1H3,(H2,22,23,24). The Bertz CT molecular complexity index is 419. The van der Waals surface area contributed by atoms with Gasteiger partial charge in [-0.3, -0.25) is 4.52 Å². The van der Waals surface area contributed by atoms with E-state index in [9.17, 15) is 9.36 Å². The Kier molecular flexibility index (Phi) is 18.2. The average Bonchev–Trinajstić information content (AvgIpc) is 2.60. The lowest BCUT2D eigenvalue weighted by molar-refractivity contribution is -0.137. The van der Waals surface area contributed by atoms with Crippen LogP contribution in [0.1, 0.15) is 96.8 Å². The normalized spacial score (nSPS) is 12.0. The van der Waals surface area contributed by atoms with Crippen molar-refractivity contribution in [1.82, 2.24) is 0 Å². The fourth-order valence-corrected chi connectivity index (χ4v) is 3.23. The van der Waals surface area contributed by atoms with Gasteiger partial charge in [0, 0.05) is 6.08 Å². The third-order valence-corrected chi connectivity index (χ3v) is 4.86. The minimum Gasteiger partial charge on any atom is -0.463 e. The lowest BCUT2D eigenvalue weighted by atomic mass is 10.0. The molecule has 0 aliphatic carbocycles. The number of phosphoric ester groups is 1. The van der Waals surface area contributed by atoms with Crippen LogP contribution in [0.3, 0.4) is 0 Å². The highest BCUT2D eigenvalue weighted by molar-refractivity contribution is 7.46. The second-order valence-electron chi connectivity index (χ2n) is 6.94. The zero-order valence-electron chi connectivity index (χ0n) is 16.9. The Morgan fingerprint density at radius 3 is 1.48 bits per heavy atom. The van der Waals surface area contributed by atoms with E-state index in [0.717, 1.165) is 25.7 Å². The third kappa shape index (κ3) is 23.3. The number of carbonyl (C=O) groups excluding carboxylic acids is 1. The highest BCUT2D eigenvalue weighted by atomic mass is 31.2. The first-order valence-corrected chi connectivity index (χ1v) is 12.0. The zero-order chi connectivity index (χ0) is 20.2. The van der Waals surface area contributed by atoms with Gasteiger partial charge in [-0.1, -0.05) is 83.1 Å². The molecule has 0 aromatic rings. The highest BCUT2D eigenvalue weighted by Gasteiger charge is 2.12. The minimum absolute atomic E-state index is 0.144. The number of esters is 1. The van der Waals surface area contributed by atoms with E-state index >= 15 is 0 Å². The van der Waals surface area contributed by atoms with Crippen molar-refractivity contribution in [2.45, 2.75) is 96.8 Å². The summed E-state index contributed by atoms with van der Waals surface area (Å²) in [6.07, 6.45) is 19.4. The first-order chi connectivity index (χ1) is 13.0. The molecular weight excluding hydrogens is 367 g/mol. The molecule has 0 heterocycles. The van der Waals surface area contributed by atoms with Gasteiger partial charge in [-0.05, 0) is 19.8 Å². The molecule has 0 radical (unpaired) electrons. The molecule has 2 N–H and O–H groups in total. The van der Waals surface area contributed by atoms with Crippen LogP contribution in [0.2, 0.25) is 0 Å². The molecule has 0 unspecified atom stereocenters. The van der Waals surface area contributed by atoms with Crippen molar-refractivity contribution in [1.29, 1.82) is 0 Å². The molecule has 0 aliphatic heterocycles. The molecule has 27 heavy (non-hydrogen) atoms. The van der Waals surface area contributed by atoms with Gasteiger partial charge in [0.05, 0.1) is 13.2 Å². The predicted octanol–water partition coefficient (Wildman–Crippen LogP) is 5.68. The van der Waals surface area contributed by atoms with Crippen molar-refractivity contribution < 1.29 is 28.4 Å². The maximum Gasteiger partial charge on any atom is 0.469 e. The van der Waals surface area contributed by atoms with Crippen molar-refractivity contribution in [3.05, 3.63) is 12.2 Å². The second kappa shape index (κ2) is 18.7. The topological polar surface area (TPSA) is 93.1 Å². The fourth-order valence-electron chi connectivity index (χ4n) is 2.87. The minimum atomic E-state index is -4.28. The van der Waals surface area contributed by atoms with Gasteiger partial charge in [0.15, 0.2) is 0 Å². The van der Waals surface area contributed by atoms with Crippen LogP contribution in [0.4, 0.5) is 0 Å². The molecular formula is C20H39O6P. The van der Waals surface area contributed by atoms with Gasteiger partial charge >= 0.3 is 13.8 Å². The highest BCUT2D eigenvalue weighted by Crippen LogP contribution is 2.35. The van der Waals surface area contributed by atoms with E-state index in [-0.39, 0.29) is 12.6 Å². The maximum atomic E-state index is 11.1. The molecule has 0 atom stereocenters. The Morgan fingerprint density at radius 1 is 0.741 bits per heavy atom. The van der Waals surface area contributed by atoms with Gasteiger partial charge in [0.1, 0.15) is 0 Å². The molecule has 0 saturated heterocycles. The molecule has 0 spiro atoms. The van der Waals surface area contributed by atoms with Crippen LogP contribution in [0.25, 0.3) is 0 Å². The number of unbranched alkanes of at least 4 members (excludes halogenated alkanes) is 13.